The first-order valence-electron chi connectivity index (χ1n) is 8.02. The number of rotatable bonds is 5. The van der Waals surface area contributed by atoms with Crippen molar-refractivity contribution in [1.29, 1.82) is 0 Å². The molecule has 8 heteroatoms. The maximum Gasteiger partial charge on any atom is 0.276 e. The molecule has 24 heavy (non-hydrogen) atoms. The Balaban J connectivity index is 1.46. The number of carbonyl (C=O) groups excluding carboxylic acids is 1. The molecule has 3 rings (SSSR count). The normalized spacial score (nSPS) is 17.0. The zero-order valence-corrected chi connectivity index (χ0v) is 13.6. The Morgan fingerprint density at radius 2 is 2.17 bits per heavy atom. The number of nitrogens with zero attached hydrogens (tertiary/aromatic N) is 4. The molecule has 1 fully saturated rings. The molecule has 0 saturated carbocycles. The number of aryl methyl sites for hydroxylation is 1. The average molecular weight is 332 g/mol. The average Bonchev–Trinajstić information content (AvgIpc) is 3.11. The van der Waals surface area contributed by atoms with Crippen molar-refractivity contribution in [3.63, 3.8) is 0 Å². The number of likely N-dealkylation sites (tertiary alicyclic amines) is 1. The zero-order chi connectivity index (χ0) is 17.0. The third-order valence-corrected chi connectivity index (χ3v) is 4.30. The molecule has 2 N–H and O–H groups in total. The molecule has 2 aromatic heterocycles. The summed E-state index contributed by atoms with van der Waals surface area (Å²) in [6.45, 7) is 3.54. The zero-order valence-electron chi connectivity index (χ0n) is 13.6. The van der Waals surface area contributed by atoms with E-state index in [1.165, 1.54) is 6.20 Å². The van der Waals surface area contributed by atoms with Gasteiger partial charge in [-0.15, -0.1) is 0 Å². The summed E-state index contributed by atoms with van der Waals surface area (Å²) in [4.78, 5) is 18.1. The van der Waals surface area contributed by atoms with Gasteiger partial charge in [0.05, 0.1) is 11.9 Å². The first kappa shape index (κ1) is 16.5. The predicted molar refractivity (Wildman–Crippen MR) is 86.0 cm³/mol. The first-order valence-corrected chi connectivity index (χ1v) is 8.02. The third kappa shape index (κ3) is 3.94. The summed E-state index contributed by atoms with van der Waals surface area (Å²) in [6.07, 6.45) is 3.81. The largest absolute Gasteiger partial charge is 0.337 e. The smallest absolute Gasteiger partial charge is 0.276 e. The van der Waals surface area contributed by atoms with Gasteiger partial charge in [0, 0.05) is 45.2 Å². The number of H-pyrrole nitrogens is 1. The van der Waals surface area contributed by atoms with E-state index in [0.717, 1.165) is 11.3 Å². The minimum Gasteiger partial charge on any atom is -0.337 e. The van der Waals surface area contributed by atoms with Crippen molar-refractivity contribution in [2.24, 2.45) is 0 Å². The van der Waals surface area contributed by atoms with Crippen molar-refractivity contribution in [3.8, 4) is 0 Å². The van der Waals surface area contributed by atoms with Gasteiger partial charge in [0.2, 0.25) is 0 Å². The van der Waals surface area contributed by atoms with E-state index >= 15 is 0 Å². The molecular formula is C16H21FN6O. The highest BCUT2D eigenvalue weighted by Crippen LogP contribution is 2.26. The monoisotopic (exact) mass is 332 g/mol. The highest BCUT2D eigenvalue weighted by molar-refractivity contribution is 5.91. The lowest BCUT2D eigenvalue weighted by Gasteiger charge is -2.36. The molecule has 1 amide bonds. The second-order valence-corrected chi connectivity index (χ2v) is 6.23. The molecule has 2 aromatic rings. The topological polar surface area (TPSA) is 86.8 Å². The van der Waals surface area contributed by atoms with Crippen LogP contribution in [0.1, 0.15) is 34.6 Å². The van der Waals surface area contributed by atoms with Crippen LogP contribution in [0.3, 0.4) is 0 Å². The van der Waals surface area contributed by atoms with Crippen molar-refractivity contribution in [2.75, 3.05) is 19.6 Å². The number of hydrogen-bond donors (Lipinski definition) is 2. The summed E-state index contributed by atoms with van der Waals surface area (Å²) in [7, 11) is 0. The Kier molecular flexibility index (Phi) is 4.84. The second-order valence-electron chi connectivity index (χ2n) is 6.23. The number of amides is 1. The van der Waals surface area contributed by atoms with E-state index in [9.17, 15) is 9.18 Å². The van der Waals surface area contributed by atoms with Crippen LogP contribution < -0.4 is 5.32 Å². The highest BCUT2D eigenvalue weighted by Gasteiger charge is 2.36. The standard InChI is InChI=1S/C16H21FN6O/c1-12-2-3-13(19-8-12)9-18-11-16(17)4-6-23(7-5-16)15(24)14-10-20-22-21-14/h2-3,8,10,18H,4-7,9,11H2,1H3,(H,20,21,22). The fraction of sp³-hybridized carbons (Fsp3) is 0.500. The molecule has 1 saturated heterocycles. The van der Waals surface area contributed by atoms with E-state index in [-0.39, 0.29) is 18.1 Å². The van der Waals surface area contributed by atoms with Gasteiger partial charge >= 0.3 is 0 Å². The maximum absolute atomic E-state index is 14.9. The van der Waals surface area contributed by atoms with E-state index in [4.69, 9.17) is 0 Å². The van der Waals surface area contributed by atoms with Gasteiger partial charge in [-0.05, 0) is 18.6 Å². The summed E-state index contributed by atoms with van der Waals surface area (Å²) in [6, 6.07) is 3.93. The molecule has 0 radical (unpaired) electrons. The summed E-state index contributed by atoms with van der Waals surface area (Å²) in [5, 5.41) is 13.0. The van der Waals surface area contributed by atoms with E-state index in [1.807, 2.05) is 19.1 Å². The Morgan fingerprint density at radius 3 is 2.79 bits per heavy atom. The van der Waals surface area contributed by atoms with Crippen LogP contribution in [0.5, 0.6) is 0 Å². The minimum absolute atomic E-state index is 0.206. The molecule has 0 unspecified atom stereocenters. The van der Waals surface area contributed by atoms with Crippen LogP contribution in [-0.2, 0) is 6.54 Å². The van der Waals surface area contributed by atoms with E-state index < -0.39 is 5.67 Å². The third-order valence-electron chi connectivity index (χ3n) is 4.30. The number of halogens is 1. The summed E-state index contributed by atoms with van der Waals surface area (Å²) < 4.78 is 14.9. The Bertz CT molecular complexity index is 664. The molecule has 0 bridgehead atoms. The Morgan fingerprint density at radius 1 is 1.38 bits per heavy atom. The first-order chi connectivity index (χ1) is 11.6. The lowest BCUT2D eigenvalue weighted by atomic mass is 9.93. The number of aromatic amines is 1. The van der Waals surface area contributed by atoms with Gasteiger partial charge in [-0.2, -0.15) is 15.4 Å². The van der Waals surface area contributed by atoms with Crippen LogP contribution in [-0.4, -0.2) is 56.5 Å². The van der Waals surface area contributed by atoms with Crippen molar-refractivity contribution >= 4 is 5.91 Å². The number of carbonyl (C=O) groups is 1. The Hall–Kier alpha value is -2.35. The SMILES string of the molecule is Cc1ccc(CNCC2(F)CCN(C(=O)c3cn[nH]n3)CC2)nc1. The van der Waals surface area contributed by atoms with Crippen LogP contribution in [0.25, 0.3) is 0 Å². The van der Waals surface area contributed by atoms with E-state index in [2.05, 4.69) is 25.7 Å². The van der Waals surface area contributed by atoms with Gasteiger partial charge in [0.25, 0.3) is 5.91 Å². The van der Waals surface area contributed by atoms with Crippen LogP contribution in [0.4, 0.5) is 4.39 Å². The van der Waals surface area contributed by atoms with Crippen LogP contribution in [0.15, 0.2) is 24.5 Å². The molecule has 128 valence electrons. The number of hydrogen-bond acceptors (Lipinski definition) is 5. The van der Waals surface area contributed by atoms with Crippen molar-refractivity contribution in [1.82, 2.24) is 30.6 Å². The molecule has 0 aliphatic carbocycles. The van der Waals surface area contributed by atoms with Crippen LogP contribution in [0.2, 0.25) is 0 Å². The van der Waals surface area contributed by atoms with Crippen molar-refractivity contribution in [3.05, 3.63) is 41.5 Å². The quantitative estimate of drug-likeness (QED) is 0.860. The number of aromatic nitrogens is 4. The van der Waals surface area contributed by atoms with Gasteiger partial charge in [-0.25, -0.2) is 4.39 Å². The molecule has 1 aliphatic rings. The van der Waals surface area contributed by atoms with Gasteiger partial charge < -0.3 is 10.2 Å². The van der Waals surface area contributed by atoms with Gasteiger partial charge in [-0.1, -0.05) is 6.07 Å². The molecule has 7 nitrogen and oxygen atoms in total. The maximum atomic E-state index is 14.9. The fourth-order valence-electron chi connectivity index (χ4n) is 2.77. The summed E-state index contributed by atoms with van der Waals surface area (Å²) >= 11 is 0. The summed E-state index contributed by atoms with van der Waals surface area (Å²) in [5.41, 5.74) is 0.961. The van der Waals surface area contributed by atoms with E-state index in [1.54, 1.807) is 11.1 Å². The molecule has 0 spiro atoms. The molecule has 1 aliphatic heterocycles. The van der Waals surface area contributed by atoms with Gasteiger partial charge in [-0.3, -0.25) is 9.78 Å². The van der Waals surface area contributed by atoms with Gasteiger partial charge in [0.1, 0.15) is 5.67 Å². The van der Waals surface area contributed by atoms with Crippen molar-refractivity contribution in [2.45, 2.75) is 32.0 Å². The van der Waals surface area contributed by atoms with Crippen LogP contribution >= 0.6 is 0 Å². The lowest BCUT2D eigenvalue weighted by Crippen LogP contribution is -2.48. The molecule has 3 heterocycles. The number of pyridine rings is 1. The fourth-order valence-corrected chi connectivity index (χ4v) is 2.77. The van der Waals surface area contributed by atoms with Crippen LogP contribution in [0, 0.1) is 6.92 Å². The number of piperidine rings is 1. The lowest BCUT2D eigenvalue weighted by molar-refractivity contribution is 0.0430. The number of nitrogens with one attached hydrogen (secondary N) is 2. The number of alkyl halides is 1. The van der Waals surface area contributed by atoms with Crippen molar-refractivity contribution < 1.29 is 9.18 Å². The van der Waals surface area contributed by atoms with Gasteiger partial charge in [0.15, 0.2) is 5.69 Å². The minimum atomic E-state index is -1.30. The summed E-state index contributed by atoms with van der Waals surface area (Å²) in [5.74, 6) is -0.206. The predicted octanol–water partition coefficient (Wildman–Crippen LogP) is 1.24. The second kappa shape index (κ2) is 7.04. The molecule has 0 atom stereocenters. The molecular weight excluding hydrogens is 311 g/mol. The van der Waals surface area contributed by atoms with E-state index in [0.29, 0.717) is 32.5 Å². The Labute approximate surface area is 139 Å². The molecule has 0 aromatic carbocycles. The highest BCUT2D eigenvalue weighted by atomic mass is 19.1.